The Kier molecular flexibility index (Phi) is 5.64. The molecule has 0 bridgehead atoms. The lowest BCUT2D eigenvalue weighted by Crippen LogP contribution is -2.25. The SMILES string of the molecule is CNC(CS(C)(=O)=O)c1c(OC)cc(OC)cc1OC. The molecule has 20 heavy (non-hydrogen) atoms. The molecule has 0 radical (unpaired) electrons. The number of sulfone groups is 1. The van der Waals surface area contributed by atoms with E-state index in [9.17, 15) is 8.42 Å². The Hall–Kier alpha value is -1.47. The molecule has 1 atom stereocenters. The summed E-state index contributed by atoms with van der Waals surface area (Å²) in [6.07, 6.45) is 1.19. The maximum absolute atomic E-state index is 11.5. The van der Waals surface area contributed by atoms with Crippen molar-refractivity contribution in [2.75, 3.05) is 40.4 Å². The van der Waals surface area contributed by atoms with Crippen LogP contribution in [0.15, 0.2) is 12.1 Å². The van der Waals surface area contributed by atoms with E-state index in [0.717, 1.165) is 0 Å². The first-order chi connectivity index (χ1) is 9.36. The largest absolute Gasteiger partial charge is 0.496 e. The number of nitrogens with one attached hydrogen (secondary N) is 1. The number of hydrogen-bond acceptors (Lipinski definition) is 6. The first-order valence-electron chi connectivity index (χ1n) is 6.01. The van der Waals surface area contributed by atoms with Gasteiger partial charge in [-0.1, -0.05) is 0 Å². The van der Waals surface area contributed by atoms with Crippen LogP contribution in [-0.2, 0) is 9.84 Å². The molecule has 114 valence electrons. The highest BCUT2D eigenvalue weighted by atomic mass is 32.2. The fourth-order valence-electron chi connectivity index (χ4n) is 1.99. The molecule has 1 rings (SSSR count). The van der Waals surface area contributed by atoms with Crippen LogP contribution in [0.5, 0.6) is 17.2 Å². The van der Waals surface area contributed by atoms with Gasteiger partial charge in [-0.25, -0.2) is 8.42 Å². The molecule has 0 aliphatic heterocycles. The smallest absolute Gasteiger partial charge is 0.149 e. The Morgan fingerprint density at radius 1 is 1.10 bits per heavy atom. The van der Waals surface area contributed by atoms with Gasteiger partial charge in [-0.05, 0) is 7.05 Å². The van der Waals surface area contributed by atoms with Crippen molar-refractivity contribution in [3.05, 3.63) is 17.7 Å². The number of hydrogen-bond donors (Lipinski definition) is 1. The number of benzene rings is 1. The minimum atomic E-state index is -3.15. The zero-order chi connectivity index (χ0) is 15.3. The standard InChI is InChI=1S/C13H21NO5S/c1-14-10(8-20(5,15)16)13-11(18-3)6-9(17-2)7-12(13)19-4/h6-7,10,14H,8H2,1-5H3. The third-order valence-corrected chi connectivity index (χ3v) is 3.86. The van der Waals surface area contributed by atoms with Crippen LogP contribution in [0.4, 0.5) is 0 Å². The molecule has 1 unspecified atom stereocenters. The average Bonchev–Trinajstić information content (AvgIpc) is 2.42. The monoisotopic (exact) mass is 303 g/mol. The minimum Gasteiger partial charge on any atom is -0.496 e. The summed E-state index contributed by atoms with van der Waals surface area (Å²) in [5, 5.41) is 2.98. The van der Waals surface area contributed by atoms with Gasteiger partial charge in [0.05, 0.1) is 38.7 Å². The molecule has 1 aromatic rings. The fourth-order valence-corrected chi connectivity index (χ4v) is 2.93. The van der Waals surface area contributed by atoms with Crippen molar-refractivity contribution in [2.45, 2.75) is 6.04 Å². The highest BCUT2D eigenvalue weighted by Gasteiger charge is 2.24. The van der Waals surface area contributed by atoms with Crippen molar-refractivity contribution in [3.63, 3.8) is 0 Å². The molecule has 6 nitrogen and oxygen atoms in total. The van der Waals surface area contributed by atoms with Gasteiger partial charge in [0.2, 0.25) is 0 Å². The van der Waals surface area contributed by atoms with Crippen LogP contribution in [-0.4, -0.2) is 48.8 Å². The molecule has 0 fully saturated rings. The van der Waals surface area contributed by atoms with E-state index in [1.165, 1.54) is 20.5 Å². The van der Waals surface area contributed by atoms with Crippen molar-refractivity contribution >= 4 is 9.84 Å². The van der Waals surface area contributed by atoms with Crippen LogP contribution in [0, 0.1) is 0 Å². The Morgan fingerprint density at radius 3 is 1.90 bits per heavy atom. The van der Waals surface area contributed by atoms with Gasteiger partial charge in [-0.3, -0.25) is 0 Å². The van der Waals surface area contributed by atoms with Gasteiger partial charge in [-0.15, -0.1) is 0 Å². The van der Waals surface area contributed by atoms with E-state index < -0.39 is 15.9 Å². The Bertz CT molecular complexity index is 531. The second-order valence-corrected chi connectivity index (χ2v) is 6.56. The molecular formula is C13H21NO5S. The average molecular weight is 303 g/mol. The predicted octanol–water partition coefficient (Wildman–Crippen LogP) is 1.02. The third-order valence-electron chi connectivity index (χ3n) is 2.92. The molecule has 0 saturated carbocycles. The Balaban J connectivity index is 3.39. The van der Waals surface area contributed by atoms with Gasteiger partial charge in [0.1, 0.15) is 27.1 Å². The summed E-state index contributed by atoms with van der Waals surface area (Å²) < 4.78 is 38.9. The van der Waals surface area contributed by atoms with Crippen LogP contribution in [0.25, 0.3) is 0 Å². The van der Waals surface area contributed by atoms with E-state index in [1.807, 2.05) is 0 Å². The minimum absolute atomic E-state index is 0.0530. The van der Waals surface area contributed by atoms with Crippen LogP contribution in [0.1, 0.15) is 11.6 Å². The summed E-state index contributed by atoms with van der Waals surface area (Å²) in [6.45, 7) is 0. The van der Waals surface area contributed by atoms with Gasteiger partial charge in [0.15, 0.2) is 0 Å². The maximum Gasteiger partial charge on any atom is 0.149 e. The quantitative estimate of drug-likeness (QED) is 0.810. The summed E-state index contributed by atoms with van der Waals surface area (Å²) in [5.41, 5.74) is 0.656. The van der Waals surface area contributed by atoms with E-state index >= 15 is 0 Å². The fraction of sp³-hybridized carbons (Fsp3) is 0.538. The second-order valence-electron chi connectivity index (χ2n) is 4.38. The summed E-state index contributed by atoms with van der Waals surface area (Å²) in [6, 6.07) is 2.97. The van der Waals surface area contributed by atoms with Crippen molar-refractivity contribution in [2.24, 2.45) is 0 Å². The van der Waals surface area contributed by atoms with E-state index in [4.69, 9.17) is 14.2 Å². The van der Waals surface area contributed by atoms with Crippen LogP contribution in [0.3, 0.4) is 0 Å². The van der Waals surface area contributed by atoms with E-state index in [2.05, 4.69) is 5.32 Å². The van der Waals surface area contributed by atoms with E-state index in [0.29, 0.717) is 22.8 Å². The first-order valence-corrected chi connectivity index (χ1v) is 8.07. The number of methoxy groups -OCH3 is 3. The van der Waals surface area contributed by atoms with E-state index in [1.54, 1.807) is 26.3 Å². The molecule has 0 saturated heterocycles. The second kappa shape index (κ2) is 6.81. The Labute approximate surface area is 120 Å². The normalized spacial score (nSPS) is 12.8. The molecule has 1 aromatic carbocycles. The van der Waals surface area contributed by atoms with Crippen LogP contribution >= 0.6 is 0 Å². The zero-order valence-electron chi connectivity index (χ0n) is 12.4. The molecular weight excluding hydrogens is 282 g/mol. The molecule has 0 spiro atoms. The number of rotatable bonds is 7. The van der Waals surface area contributed by atoms with Gasteiger partial charge < -0.3 is 19.5 Å². The van der Waals surface area contributed by atoms with Gasteiger partial charge in [0, 0.05) is 18.4 Å². The zero-order valence-corrected chi connectivity index (χ0v) is 13.2. The number of ether oxygens (including phenoxy) is 3. The van der Waals surface area contributed by atoms with Crippen molar-refractivity contribution in [1.82, 2.24) is 5.32 Å². The van der Waals surface area contributed by atoms with Crippen molar-refractivity contribution in [3.8, 4) is 17.2 Å². The summed E-state index contributed by atoms with van der Waals surface area (Å²) in [4.78, 5) is 0. The van der Waals surface area contributed by atoms with Crippen LogP contribution in [0.2, 0.25) is 0 Å². The maximum atomic E-state index is 11.5. The highest BCUT2D eigenvalue weighted by Crippen LogP contribution is 2.38. The molecule has 0 aromatic heterocycles. The molecule has 1 N–H and O–H groups in total. The summed E-state index contributed by atoms with van der Waals surface area (Å²) >= 11 is 0. The van der Waals surface area contributed by atoms with Gasteiger partial charge >= 0.3 is 0 Å². The van der Waals surface area contributed by atoms with Crippen molar-refractivity contribution in [1.29, 1.82) is 0 Å². The predicted molar refractivity (Wildman–Crippen MR) is 77.6 cm³/mol. The summed E-state index contributed by atoms with van der Waals surface area (Å²) in [5.74, 6) is 1.56. The third kappa shape index (κ3) is 4.01. The van der Waals surface area contributed by atoms with Crippen LogP contribution < -0.4 is 19.5 Å². The summed E-state index contributed by atoms with van der Waals surface area (Å²) in [7, 11) is 3.12. The Morgan fingerprint density at radius 2 is 1.60 bits per heavy atom. The first kappa shape index (κ1) is 16.6. The van der Waals surface area contributed by atoms with E-state index in [-0.39, 0.29) is 5.75 Å². The van der Waals surface area contributed by atoms with Gasteiger partial charge in [-0.2, -0.15) is 0 Å². The lowest BCUT2D eigenvalue weighted by Gasteiger charge is -2.22. The lowest BCUT2D eigenvalue weighted by atomic mass is 10.1. The topological polar surface area (TPSA) is 73.9 Å². The molecule has 7 heteroatoms. The van der Waals surface area contributed by atoms with Crippen molar-refractivity contribution < 1.29 is 22.6 Å². The molecule has 0 aliphatic carbocycles. The molecule has 0 aliphatic rings. The molecule has 0 heterocycles. The molecule has 0 amide bonds. The lowest BCUT2D eigenvalue weighted by molar-refractivity contribution is 0.362. The highest BCUT2D eigenvalue weighted by molar-refractivity contribution is 7.90. The van der Waals surface area contributed by atoms with Gasteiger partial charge in [0.25, 0.3) is 0 Å².